The van der Waals surface area contributed by atoms with Gasteiger partial charge in [-0.15, -0.1) is 0 Å². The smallest absolute Gasteiger partial charge is 0.158 e. The van der Waals surface area contributed by atoms with Gasteiger partial charge in [-0.3, -0.25) is 4.79 Å². The highest BCUT2D eigenvalue weighted by atomic mass is 79.9. The average molecular weight is 253 g/mol. The SMILES string of the molecule is [2H]C1([2H])C(=O)C2=CC(Br)C([2H])([2H])C([2H])([2H])C2([2H])C([2H])(C)C1([2H])[2H]. The van der Waals surface area contributed by atoms with Crippen LogP contribution in [0.2, 0.25) is 0 Å². The van der Waals surface area contributed by atoms with Gasteiger partial charge in [0.1, 0.15) is 0 Å². The molecule has 13 heavy (non-hydrogen) atoms. The van der Waals surface area contributed by atoms with Gasteiger partial charge in [-0.2, -0.15) is 0 Å². The molecule has 0 bridgehead atoms. The van der Waals surface area contributed by atoms with E-state index in [4.69, 9.17) is 13.7 Å². The molecule has 2 rings (SSSR count). The zero-order valence-electron chi connectivity index (χ0n) is 16.9. The number of Topliss-reactive ketones (excluding diaryl/α,β-unsaturated/α-hetero) is 1. The van der Waals surface area contributed by atoms with Crippen LogP contribution in [0.1, 0.15) is 46.1 Å². The fourth-order valence-corrected chi connectivity index (χ4v) is 1.62. The van der Waals surface area contributed by atoms with Gasteiger partial charge < -0.3 is 0 Å². The Kier molecular flexibility index (Phi) is 0.875. The largest absolute Gasteiger partial charge is 0.295 e. The first-order valence-electron chi connectivity index (χ1n) is 8.83. The normalized spacial score (nSPS) is 77.8. The number of allylic oxidation sites excluding steroid dienone is 2. The van der Waals surface area contributed by atoms with Gasteiger partial charge in [-0.1, -0.05) is 28.9 Å². The summed E-state index contributed by atoms with van der Waals surface area (Å²) in [5.74, 6) is -7.10. The van der Waals surface area contributed by atoms with Crippen LogP contribution in [0.5, 0.6) is 0 Å². The van der Waals surface area contributed by atoms with E-state index in [1.54, 1.807) is 0 Å². The van der Waals surface area contributed by atoms with Crippen molar-refractivity contribution in [2.75, 3.05) is 0 Å². The van der Waals surface area contributed by atoms with Gasteiger partial charge in [0.15, 0.2) is 5.78 Å². The molecule has 72 valence electrons. The molecule has 3 atom stereocenters. The Morgan fingerprint density at radius 3 is 3.15 bits per heavy atom. The molecular weight excluding hydrogens is 228 g/mol. The third kappa shape index (κ3) is 1.74. The highest BCUT2D eigenvalue weighted by Crippen LogP contribution is 2.39. The molecule has 1 saturated carbocycles. The Morgan fingerprint density at radius 1 is 1.62 bits per heavy atom. The van der Waals surface area contributed by atoms with Crippen LogP contribution in [0.4, 0.5) is 0 Å². The maximum atomic E-state index is 12.4. The van der Waals surface area contributed by atoms with E-state index in [0.29, 0.717) is 0 Å². The number of hydrogen-bond donors (Lipinski definition) is 0. The summed E-state index contributed by atoms with van der Waals surface area (Å²) in [4.78, 5) is 11.1. The Morgan fingerprint density at radius 2 is 2.38 bits per heavy atom. The molecule has 2 heteroatoms. The van der Waals surface area contributed by atoms with Gasteiger partial charge in [0.2, 0.25) is 0 Å². The van der Waals surface area contributed by atoms with Crippen molar-refractivity contribution in [1.82, 2.24) is 0 Å². The summed E-state index contributed by atoms with van der Waals surface area (Å²) in [7, 11) is 0. The first-order chi connectivity index (χ1) is 9.92. The molecule has 1 fully saturated rings. The Labute approximate surface area is 102 Å². The number of halogens is 1. The average Bonchev–Trinajstić information content (AvgIpc) is 2.39. The molecular formula is C11H15BrO. The second-order valence-electron chi connectivity index (χ2n) is 2.83. The number of carbonyl (C=O) groups excluding carboxylic acids is 1. The molecule has 3 unspecified atom stereocenters. The zero-order valence-corrected chi connectivity index (χ0v) is 8.53. The van der Waals surface area contributed by atoms with E-state index in [2.05, 4.69) is 15.9 Å². The number of fused-ring (bicyclic) bond motifs is 1. The molecule has 2 aliphatic rings. The van der Waals surface area contributed by atoms with Crippen LogP contribution in [0.15, 0.2) is 11.6 Å². The van der Waals surface area contributed by atoms with Crippen molar-refractivity contribution in [1.29, 1.82) is 0 Å². The third-order valence-corrected chi connectivity index (χ3v) is 2.39. The molecule has 0 aliphatic heterocycles. The molecule has 1 nitrogen and oxygen atoms in total. The standard InChI is InChI=1S/C11H15BrO/c1-7-2-5-11(13)10-6-8(12)3-4-9(7)10/h6-9H,2-5H2,1H3/i2D2,3D2,4D2,5D2,7D,9D. The highest BCUT2D eigenvalue weighted by molar-refractivity contribution is 9.09. The summed E-state index contributed by atoms with van der Waals surface area (Å²) >= 11 is 2.90. The summed E-state index contributed by atoms with van der Waals surface area (Å²) < 4.78 is 80.1. The van der Waals surface area contributed by atoms with Crippen LogP contribution in [-0.2, 0) is 4.79 Å². The highest BCUT2D eigenvalue weighted by Gasteiger charge is 2.33. The van der Waals surface area contributed by atoms with Crippen molar-refractivity contribution in [2.45, 2.75) is 37.2 Å². The van der Waals surface area contributed by atoms with Gasteiger partial charge in [0, 0.05) is 24.9 Å². The van der Waals surface area contributed by atoms with Crippen molar-refractivity contribution in [2.24, 2.45) is 11.8 Å². The maximum Gasteiger partial charge on any atom is 0.158 e. The Hall–Kier alpha value is -0.110. The maximum absolute atomic E-state index is 12.4. The van der Waals surface area contributed by atoms with Crippen LogP contribution >= 0.6 is 15.9 Å². The van der Waals surface area contributed by atoms with Crippen LogP contribution in [0.25, 0.3) is 0 Å². The first kappa shape index (κ1) is 3.19. The van der Waals surface area contributed by atoms with E-state index in [0.717, 1.165) is 13.0 Å². The molecule has 0 amide bonds. The Balaban J connectivity index is 2.95. The molecule has 0 spiro atoms. The van der Waals surface area contributed by atoms with E-state index in [1.165, 1.54) is 0 Å². The molecule has 0 N–H and O–H groups in total. The number of carbonyl (C=O) groups is 1. The lowest BCUT2D eigenvalue weighted by molar-refractivity contribution is -0.118. The summed E-state index contributed by atoms with van der Waals surface area (Å²) in [5.41, 5.74) is -0.711. The second kappa shape index (κ2) is 3.56. The minimum absolute atomic E-state index is 0.711. The minimum Gasteiger partial charge on any atom is -0.295 e. The molecule has 0 saturated heterocycles. The summed E-state index contributed by atoms with van der Waals surface area (Å²) in [5, 5.41) is 0. The monoisotopic (exact) mass is 252 g/mol. The number of rotatable bonds is 0. The predicted molar refractivity (Wildman–Crippen MR) is 56.9 cm³/mol. The van der Waals surface area contributed by atoms with Crippen LogP contribution in [0.3, 0.4) is 0 Å². The molecule has 0 heterocycles. The second-order valence-corrected chi connectivity index (χ2v) is 3.82. The molecule has 0 aromatic carbocycles. The fraction of sp³-hybridized carbons (Fsp3) is 0.727. The van der Waals surface area contributed by atoms with E-state index < -0.39 is 53.5 Å². The fourth-order valence-electron chi connectivity index (χ4n) is 1.25. The number of alkyl halides is 1. The third-order valence-electron chi connectivity index (χ3n) is 1.90. The molecule has 0 aromatic rings. The summed E-state index contributed by atoms with van der Waals surface area (Å²) in [6.45, 7) is 0.834. The number of ketones is 1. The van der Waals surface area contributed by atoms with Gasteiger partial charge in [-0.25, -0.2) is 0 Å². The Bertz CT molecular complexity index is 610. The number of hydrogen-bond acceptors (Lipinski definition) is 1. The van der Waals surface area contributed by atoms with Crippen molar-refractivity contribution in [3.8, 4) is 0 Å². The lowest BCUT2D eigenvalue weighted by Gasteiger charge is -2.34. The lowest BCUT2D eigenvalue weighted by Crippen LogP contribution is -2.30. The molecule has 2 aliphatic carbocycles. The van der Waals surface area contributed by atoms with Crippen molar-refractivity contribution >= 4 is 21.7 Å². The van der Waals surface area contributed by atoms with E-state index >= 15 is 0 Å². The quantitative estimate of drug-likeness (QED) is 0.606. The van der Waals surface area contributed by atoms with Crippen molar-refractivity contribution < 1.29 is 18.5 Å². The lowest BCUT2D eigenvalue weighted by atomic mass is 9.71. The summed E-state index contributed by atoms with van der Waals surface area (Å²) in [6, 6.07) is 0. The van der Waals surface area contributed by atoms with E-state index in [9.17, 15) is 4.79 Å². The minimum atomic E-state index is -3.20. The van der Waals surface area contributed by atoms with Crippen LogP contribution in [0, 0.1) is 11.8 Å². The van der Waals surface area contributed by atoms with Gasteiger partial charge in [-0.05, 0) is 36.5 Å². The van der Waals surface area contributed by atoms with Gasteiger partial charge in [0.25, 0.3) is 0 Å². The first-order valence-corrected chi connectivity index (χ1v) is 4.75. The molecule has 0 aromatic heterocycles. The van der Waals surface area contributed by atoms with Crippen molar-refractivity contribution in [3.63, 3.8) is 0 Å². The van der Waals surface area contributed by atoms with Crippen LogP contribution in [-0.4, -0.2) is 10.6 Å². The van der Waals surface area contributed by atoms with E-state index in [-0.39, 0.29) is 0 Å². The zero-order chi connectivity index (χ0) is 18.4. The topological polar surface area (TPSA) is 17.1 Å². The molecule has 0 radical (unpaired) electrons. The van der Waals surface area contributed by atoms with E-state index in [1.807, 2.05) is 0 Å². The summed E-state index contributed by atoms with van der Waals surface area (Å²) in [6.07, 6.45) is -11.3. The van der Waals surface area contributed by atoms with Gasteiger partial charge in [0.05, 0.1) is 0 Å². The van der Waals surface area contributed by atoms with Crippen LogP contribution < -0.4 is 0 Å². The van der Waals surface area contributed by atoms with Gasteiger partial charge >= 0.3 is 0 Å². The predicted octanol–water partition coefficient (Wildman–Crippen LogP) is 3.09. The van der Waals surface area contributed by atoms with Crippen molar-refractivity contribution in [3.05, 3.63) is 11.6 Å².